The summed E-state index contributed by atoms with van der Waals surface area (Å²) in [5, 5.41) is 0.0859. The molecule has 1 unspecified atom stereocenters. The highest BCUT2D eigenvalue weighted by Gasteiger charge is 2.24. The third-order valence-electron chi connectivity index (χ3n) is 3.75. The summed E-state index contributed by atoms with van der Waals surface area (Å²) in [6, 6.07) is 0.0701. The molecule has 1 fully saturated rings. The number of nitrogens with one attached hydrogen (secondary N) is 1. The first-order valence-electron chi connectivity index (χ1n) is 7.37. The van der Waals surface area contributed by atoms with E-state index < -0.39 is 11.4 Å². The molecule has 0 aromatic carbocycles. The standard InChI is InChI=1S/C14H18N6O3/c1-2-23-13(22)8-5-17-12-9(10(8)21)11(16)18-14(19-12)20-4-3-7(15)6-20/h5,7H,2-4,6,15H2,1H3,(H3,16,17,18,19,21). The maximum atomic E-state index is 12.4. The van der Waals surface area contributed by atoms with Crippen LogP contribution in [0.2, 0.25) is 0 Å². The van der Waals surface area contributed by atoms with Crippen molar-refractivity contribution in [1.82, 2.24) is 15.0 Å². The van der Waals surface area contributed by atoms with Crippen molar-refractivity contribution in [3.8, 4) is 0 Å². The molecule has 9 heteroatoms. The first kappa shape index (κ1) is 15.2. The second-order valence-corrected chi connectivity index (χ2v) is 5.38. The summed E-state index contributed by atoms with van der Waals surface area (Å²) in [5.41, 5.74) is 11.4. The lowest BCUT2D eigenvalue weighted by atomic mass is 10.2. The van der Waals surface area contributed by atoms with Crippen LogP contribution >= 0.6 is 0 Å². The van der Waals surface area contributed by atoms with Gasteiger partial charge in [-0.15, -0.1) is 0 Å². The van der Waals surface area contributed by atoms with Crippen LogP contribution in [0.3, 0.4) is 0 Å². The van der Waals surface area contributed by atoms with Crippen LogP contribution in [0.4, 0.5) is 11.8 Å². The monoisotopic (exact) mass is 318 g/mol. The van der Waals surface area contributed by atoms with Gasteiger partial charge >= 0.3 is 5.97 Å². The van der Waals surface area contributed by atoms with E-state index in [4.69, 9.17) is 16.2 Å². The minimum atomic E-state index is -0.704. The number of nitrogens with two attached hydrogens (primary N) is 2. The number of H-pyrrole nitrogens is 1. The van der Waals surface area contributed by atoms with Gasteiger partial charge in [0.25, 0.3) is 0 Å². The molecule has 1 aliphatic rings. The van der Waals surface area contributed by atoms with Crippen molar-refractivity contribution in [1.29, 1.82) is 0 Å². The van der Waals surface area contributed by atoms with E-state index >= 15 is 0 Å². The van der Waals surface area contributed by atoms with E-state index in [-0.39, 0.29) is 35.1 Å². The van der Waals surface area contributed by atoms with Gasteiger partial charge in [-0.1, -0.05) is 0 Å². The Morgan fingerprint density at radius 2 is 2.30 bits per heavy atom. The molecule has 5 N–H and O–H groups in total. The van der Waals surface area contributed by atoms with Crippen LogP contribution in [-0.2, 0) is 4.74 Å². The number of nitrogen functional groups attached to an aromatic ring is 1. The van der Waals surface area contributed by atoms with Crippen molar-refractivity contribution in [2.24, 2.45) is 5.73 Å². The highest BCUT2D eigenvalue weighted by atomic mass is 16.5. The number of hydrogen-bond acceptors (Lipinski definition) is 8. The molecule has 23 heavy (non-hydrogen) atoms. The maximum Gasteiger partial charge on any atom is 0.343 e. The smallest absolute Gasteiger partial charge is 0.343 e. The van der Waals surface area contributed by atoms with Gasteiger partial charge in [0.05, 0.1) is 6.61 Å². The number of aromatic nitrogens is 3. The fourth-order valence-electron chi connectivity index (χ4n) is 2.61. The molecular weight excluding hydrogens is 300 g/mol. The summed E-state index contributed by atoms with van der Waals surface area (Å²) < 4.78 is 4.85. The lowest BCUT2D eigenvalue weighted by Gasteiger charge is -2.16. The molecule has 0 saturated carbocycles. The minimum Gasteiger partial charge on any atom is -0.462 e. The van der Waals surface area contributed by atoms with E-state index in [0.29, 0.717) is 12.5 Å². The summed E-state index contributed by atoms with van der Waals surface area (Å²) in [4.78, 5) is 37.5. The van der Waals surface area contributed by atoms with Gasteiger partial charge in [-0.25, -0.2) is 4.79 Å². The van der Waals surface area contributed by atoms with Crippen molar-refractivity contribution in [3.63, 3.8) is 0 Å². The van der Waals surface area contributed by atoms with Crippen molar-refractivity contribution in [2.75, 3.05) is 30.3 Å². The van der Waals surface area contributed by atoms with Gasteiger partial charge < -0.3 is 26.1 Å². The molecule has 9 nitrogen and oxygen atoms in total. The molecule has 0 spiro atoms. The van der Waals surface area contributed by atoms with Crippen molar-refractivity contribution >= 4 is 28.8 Å². The first-order chi connectivity index (χ1) is 11.0. The molecule has 2 aromatic rings. The van der Waals surface area contributed by atoms with Gasteiger partial charge in [0.1, 0.15) is 22.4 Å². The van der Waals surface area contributed by atoms with Crippen LogP contribution in [-0.4, -0.2) is 46.7 Å². The number of nitrogens with zero attached hydrogens (tertiary/aromatic N) is 3. The number of aromatic amines is 1. The number of ether oxygens (including phenoxy) is 1. The molecule has 0 radical (unpaired) electrons. The molecule has 1 aliphatic heterocycles. The van der Waals surface area contributed by atoms with Gasteiger partial charge in [0.15, 0.2) is 0 Å². The summed E-state index contributed by atoms with van der Waals surface area (Å²) in [5.74, 6) is -0.259. The van der Waals surface area contributed by atoms with E-state index in [0.717, 1.165) is 13.0 Å². The minimum absolute atomic E-state index is 0.0258. The number of anilines is 2. The van der Waals surface area contributed by atoms with Crippen LogP contribution in [0, 0.1) is 0 Å². The predicted octanol–water partition coefficient (Wildman–Crippen LogP) is -0.386. The molecule has 0 aliphatic carbocycles. The first-order valence-corrected chi connectivity index (χ1v) is 7.37. The molecule has 2 aromatic heterocycles. The molecule has 122 valence electrons. The van der Waals surface area contributed by atoms with Crippen molar-refractivity contribution < 1.29 is 9.53 Å². The molecule has 0 amide bonds. The van der Waals surface area contributed by atoms with E-state index in [1.165, 1.54) is 6.20 Å². The molecule has 3 rings (SSSR count). The van der Waals surface area contributed by atoms with E-state index in [2.05, 4.69) is 15.0 Å². The normalized spacial score (nSPS) is 17.7. The average Bonchev–Trinajstić information content (AvgIpc) is 2.94. The number of carbonyl (C=O) groups is 1. The van der Waals surface area contributed by atoms with Gasteiger partial charge in [0.2, 0.25) is 11.4 Å². The highest BCUT2D eigenvalue weighted by Crippen LogP contribution is 2.20. The predicted molar refractivity (Wildman–Crippen MR) is 85.3 cm³/mol. The van der Waals surface area contributed by atoms with Gasteiger partial charge in [-0.3, -0.25) is 4.79 Å². The Morgan fingerprint density at radius 1 is 1.52 bits per heavy atom. The van der Waals surface area contributed by atoms with E-state index in [1.807, 2.05) is 4.90 Å². The fraction of sp³-hybridized carbons (Fsp3) is 0.429. The zero-order valence-corrected chi connectivity index (χ0v) is 12.7. The van der Waals surface area contributed by atoms with Crippen LogP contribution < -0.4 is 21.8 Å². The number of esters is 1. The number of carbonyl (C=O) groups excluding carboxylic acids is 1. The topological polar surface area (TPSA) is 140 Å². The Labute approximate surface area is 131 Å². The lowest BCUT2D eigenvalue weighted by Crippen LogP contribution is -2.28. The second-order valence-electron chi connectivity index (χ2n) is 5.38. The van der Waals surface area contributed by atoms with Gasteiger partial charge in [-0.2, -0.15) is 9.97 Å². The fourth-order valence-corrected chi connectivity index (χ4v) is 2.61. The average molecular weight is 318 g/mol. The lowest BCUT2D eigenvalue weighted by molar-refractivity contribution is 0.0524. The highest BCUT2D eigenvalue weighted by molar-refractivity contribution is 5.95. The molecule has 1 atom stereocenters. The molecule has 1 saturated heterocycles. The summed E-state index contributed by atoms with van der Waals surface area (Å²) in [6.07, 6.45) is 2.13. The maximum absolute atomic E-state index is 12.4. The van der Waals surface area contributed by atoms with Crippen LogP contribution in [0.1, 0.15) is 23.7 Å². The summed E-state index contributed by atoms with van der Waals surface area (Å²) in [6.45, 7) is 3.21. The van der Waals surface area contributed by atoms with Crippen LogP contribution in [0.25, 0.3) is 11.0 Å². The largest absolute Gasteiger partial charge is 0.462 e. The van der Waals surface area contributed by atoms with Gasteiger partial charge in [-0.05, 0) is 13.3 Å². The Hall–Kier alpha value is -2.68. The van der Waals surface area contributed by atoms with Crippen molar-refractivity contribution in [2.45, 2.75) is 19.4 Å². The molecule has 3 heterocycles. The Balaban J connectivity index is 2.08. The van der Waals surface area contributed by atoms with Crippen molar-refractivity contribution in [3.05, 3.63) is 22.0 Å². The molecular formula is C14H18N6O3. The third kappa shape index (κ3) is 2.70. The zero-order chi connectivity index (χ0) is 16.6. The second kappa shape index (κ2) is 5.84. The molecule has 0 bridgehead atoms. The SMILES string of the molecule is CCOC(=O)c1c[nH]c2nc(N3CCC(N)C3)nc(N)c2c1=O. The van der Waals surface area contributed by atoms with E-state index in [9.17, 15) is 9.59 Å². The Kier molecular flexibility index (Phi) is 3.87. The van der Waals surface area contributed by atoms with Gasteiger partial charge in [0, 0.05) is 25.3 Å². The number of hydrogen-bond donors (Lipinski definition) is 3. The van der Waals surface area contributed by atoms with E-state index in [1.54, 1.807) is 6.92 Å². The number of pyridine rings is 1. The summed E-state index contributed by atoms with van der Waals surface area (Å²) in [7, 11) is 0. The van der Waals surface area contributed by atoms with Crippen LogP contribution in [0.5, 0.6) is 0 Å². The Morgan fingerprint density at radius 3 is 2.96 bits per heavy atom. The summed E-state index contributed by atoms with van der Waals surface area (Å²) >= 11 is 0. The number of rotatable bonds is 3. The zero-order valence-electron chi connectivity index (χ0n) is 12.7. The number of fused-ring (bicyclic) bond motifs is 1. The quantitative estimate of drug-likeness (QED) is 0.650. The Bertz CT molecular complexity index is 818. The third-order valence-corrected chi connectivity index (χ3v) is 3.75. The van der Waals surface area contributed by atoms with Crippen LogP contribution in [0.15, 0.2) is 11.0 Å².